The lowest BCUT2D eigenvalue weighted by Gasteiger charge is -2.30. The minimum absolute atomic E-state index is 0.683. The first-order valence-electron chi connectivity index (χ1n) is 7.02. The van der Waals surface area contributed by atoms with E-state index in [-0.39, 0.29) is 0 Å². The Bertz CT molecular complexity index is 540. The number of hydrogen-bond acceptors (Lipinski definition) is 3. The summed E-state index contributed by atoms with van der Waals surface area (Å²) < 4.78 is 4.47. The van der Waals surface area contributed by atoms with Crippen LogP contribution < -0.4 is 5.32 Å². The van der Waals surface area contributed by atoms with E-state index in [1.54, 1.807) is 11.5 Å². The number of rotatable bonds is 4. The van der Waals surface area contributed by atoms with E-state index in [2.05, 4.69) is 27.9 Å². The highest BCUT2D eigenvalue weighted by atomic mass is 35.5. The van der Waals surface area contributed by atoms with E-state index in [9.17, 15) is 0 Å². The first-order chi connectivity index (χ1) is 9.38. The van der Waals surface area contributed by atoms with Gasteiger partial charge in [-0.3, -0.25) is 0 Å². The zero-order chi connectivity index (χ0) is 13.1. The summed E-state index contributed by atoms with van der Waals surface area (Å²) in [5.74, 6) is 2.20. The van der Waals surface area contributed by atoms with Gasteiger partial charge in [-0.05, 0) is 48.3 Å². The van der Waals surface area contributed by atoms with Crippen LogP contribution in [0.15, 0.2) is 24.3 Å². The van der Waals surface area contributed by atoms with Crippen molar-refractivity contribution in [3.63, 3.8) is 0 Å². The average molecular weight is 295 g/mol. The van der Waals surface area contributed by atoms with Gasteiger partial charge < -0.3 is 5.32 Å². The summed E-state index contributed by atoms with van der Waals surface area (Å²) in [7, 11) is 0. The van der Waals surface area contributed by atoms with Crippen molar-refractivity contribution in [2.24, 2.45) is 11.8 Å². The van der Waals surface area contributed by atoms with Gasteiger partial charge in [-0.25, -0.2) is 0 Å². The fourth-order valence-electron chi connectivity index (χ4n) is 3.00. The van der Waals surface area contributed by atoms with E-state index in [1.807, 2.05) is 6.07 Å². The number of nitrogens with zero attached hydrogens (tertiary/aromatic N) is 1. The molecule has 4 heteroatoms. The van der Waals surface area contributed by atoms with Gasteiger partial charge in [0.25, 0.3) is 0 Å². The number of fused-ring (bicyclic) bond motifs is 1. The molecule has 1 aliphatic rings. The molecule has 2 atom stereocenters. The molecule has 0 bridgehead atoms. The van der Waals surface area contributed by atoms with Crippen LogP contribution >= 0.6 is 23.1 Å². The van der Waals surface area contributed by atoms with Crippen molar-refractivity contribution in [1.29, 1.82) is 0 Å². The Kier molecular flexibility index (Phi) is 4.24. The monoisotopic (exact) mass is 294 g/mol. The Morgan fingerprint density at radius 1 is 1.21 bits per heavy atom. The van der Waals surface area contributed by atoms with Gasteiger partial charge in [-0.15, -0.1) is 11.6 Å². The molecular formula is C15H19ClN2S. The van der Waals surface area contributed by atoms with Gasteiger partial charge in [0.15, 0.2) is 0 Å². The highest BCUT2D eigenvalue weighted by molar-refractivity contribution is 7.11. The molecule has 102 valence electrons. The lowest BCUT2D eigenvalue weighted by atomic mass is 9.80. The smallest absolute Gasteiger partial charge is 0.117 e. The minimum Gasteiger partial charge on any atom is -0.375 e. The second-order valence-corrected chi connectivity index (χ2v) is 6.45. The number of benzene rings is 1. The molecule has 0 radical (unpaired) electrons. The molecule has 3 rings (SSSR count). The summed E-state index contributed by atoms with van der Waals surface area (Å²) in [6.45, 7) is 1.03. The van der Waals surface area contributed by atoms with E-state index < -0.39 is 0 Å². The van der Waals surface area contributed by atoms with E-state index in [4.69, 9.17) is 11.6 Å². The lowest BCUT2D eigenvalue weighted by Crippen LogP contribution is -2.27. The van der Waals surface area contributed by atoms with Gasteiger partial charge in [0.2, 0.25) is 0 Å². The Morgan fingerprint density at radius 3 is 2.84 bits per heavy atom. The van der Waals surface area contributed by atoms with Gasteiger partial charge >= 0.3 is 0 Å². The Hall–Kier alpha value is -0.800. The van der Waals surface area contributed by atoms with Crippen LogP contribution in [0.3, 0.4) is 0 Å². The molecule has 1 heterocycles. The number of aromatic nitrogens is 1. The van der Waals surface area contributed by atoms with E-state index in [0.717, 1.165) is 17.9 Å². The minimum atomic E-state index is 0.683. The number of halogens is 1. The molecule has 2 aromatic rings. The summed E-state index contributed by atoms with van der Waals surface area (Å²) in [4.78, 5) is 0. The second-order valence-electron chi connectivity index (χ2n) is 5.37. The molecule has 2 nitrogen and oxygen atoms in total. The van der Waals surface area contributed by atoms with E-state index in [0.29, 0.717) is 11.8 Å². The SMILES string of the molecule is ClCC1CCCCC1CNc1snc2ccccc12. The van der Waals surface area contributed by atoms with Crippen LogP contribution in [0.1, 0.15) is 25.7 Å². The normalized spacial score (nSPS) is 23.6. The number of alkyl halides is 1. The van der Waals surface area contributed by atoms with E-state index >= 15 is 0 Å². The fourth-order valence-corrected chi connectivity index (χ4v) is 4.17. The third-order valence-electron chi connectivity index (χ3n) is 4.17. The fraction of sp³-hybridized carbons (Fsp3) is 0.533. The van der Waals surface area contributed by atoms with Crippen LogP contribution in [-0.4, -0.2) is 16.8 Å². The van der Waals surface area contributed by atoms with Crippen LogP contribution in [0.5, 0.6) is 0 Å². The molecule has 0 saturated heterocycles. The van der Waals surface area contributed by atoms with Crippen molar-refractivity contribution in [2.45, 2.75) is 25.7 Å². The predicted octanol–water partition coefficient (Wildman–Crippen LogP) is 4.75. The Morgan fingerprint density at radius 2 is 2.00 bits per heavy atom. The molecule has 1 aromatic heterocycles. The second kappa shape index (κ2) is 6.10. The Balaban J connectivity index is 1.68. The van der Waals surface area contributed by atoms with Crippen molar-refractivity contribution in [3.8, 4) is 0 Å². The largest absolute Gasteiger partial charge is 0.375 e. The molecule has 0 aliphatic heterocycles. The summed E-state index contributed by atoms with van der Waals surface area (Å²) in [6.07, 6.45) is 5.29. The van der Waals surface area contributed by atoms with Gasteiger partial charge in [-0.2, -0.15) is 4.37 Å². The molecule has 1 saturated carbocycles. The molecule has 0 amide bonds. The van der Waals surface area contributed by atoms with Gasteiger partial charge in [-0.1, -0.05) is 25.0 Å². The van der Waals surface area contributed by atoms with Gasteiger partial charge in [0, 0.05) is 17.8 Å². The maximum absolute atomic E-state index is 6.09. The summed E-state index contributed by atoms with van der Waals surface area (Å²) in [5.41, 5.74) is 1.09. The maximum Gasteiger partial charge on any atom is 0.117 e. The predicted molar refractivity (Wildman–Crippen MR) is 84.3 cm³/mol. The van der Waals surface area contributed by atoms with Crippen LogP contribution in [0.25, 0.3) is 10.9 Å². The lowest BCUT2D eigenvalue weighted by molar-refractivity contribution is 0.272. The van der Waals surface area contributed by atoms with Crippen LogP contribution in [-0.2, 0) is 0 Å². The molecule has 1 aliphatic carbocycles. The zero-order valence-electron chi connectivity index (χ0n) is 10.9. The number of anilines is 1. The number of nitrogens with one attached hydrogen (secondary N) is 1. The van der Waals surface area contributed by atoms with E-state index in [1.165, 1.54) is 36.1 Å². The molecule has 2 unspecified atom stereocenters. The highest BCUT2D eigenvalue weighted by Crippen LogP contribution is 2.33. The van der Waals surface area contributed by atoms with Gasteiger partial charge in [0.05, 0.1) is 5.52 Å². The highest BCUT2D eigenvalue weighted by Gasteiger charge is 2.24. The number of hydrogen-bond donors (Lipinski definition) is 1. The Labute approximate surface area is 123 Å². The van der Waals surface area contributed by atoms with Crippen LogP contribution in [0.2, 0.25) is 0 Å². The quantitative estimate of drug-likeness (QED) is 0.823. The first-order valence-corrected chi connectivity index (χ1v) is 8.33. The topological polar surface area (TPSA) is 24.9 Å². The maximum atomic E-state index is 6.09. The third-order valence-corrected chi connectivity index (χ3v) is 5.40. The third kappa shape index (κ3) is 2.87. The first kappa shape index (κ1) is 13.2. The van der Waals surface area contributed by atoms with Crippen molar-refractivity contribution < 1.29 is 0 Å². The molecular weight excluding hydrogens is 276 g/mol. The zero-order valence-corrected chi connectivity index (χ0v) is 12.5. The summed E-state index contributed by atoms with van der Waals surface area (Å²) >= 11 is 7.66. The van der Waals surface area contributed by atoms with Crippen molar-refractivity contribution in [3.05, 3.63) is 24.3 Å². The molecule has 19 heavy (non-hydrogen) atoms. The van der Waals surface area contributed by atoms with Gasteiger partial charge in [0.1, 0.15) is 5.00 Å². The van der Waals surface area contributed by atoms with Crippen molar-refractivity contribution in [1.82, 2.24) is 4.37 Å². The molecule has 1 fully saturated rings. The van der Waals surface area contributed by atoms with Crippen molar-refractivity contribution in [2.75, 3.05) is 17.7 Å². The average Bonchev–Trinajstić information content (AvgIpc) is 2.89. The summed E-state index contributed by atoms with van der Waals surface area (Å²) in [6, 6.07) is 8.32. The molecule has 1 aromatic carbocycles. The molecule has 1 N–H and O–H groups in total. The summed E-state index contributed by atoms with van der Waals surface area (Å²) in [5, 5.41) is 6.04. The standard InChI is InChI=1S/C15H19ClN2S/c16-9-11-5-1-2-6-12(11)10-17-15-13-7-3-4-8-14(13)18-19-15/h3-4,7-8,11-12,17H,1-2,5-6,9-10H2. The van der Waals surface area contributed by atoms with Crippen LogP contribution in [0, 0.1) is 11.8 Å². The van der Waals surface area contributed by atoms with Crippen LogP contribution in [0.4, 0.5) is 5.00 Å². The molecule has 0 spiro atoms. The van der Waals surface area contributed by atoms with Crippen molar-refractivity contribution >= 4 is 39.0 Å².